The van der Waals surface area contributed by atoms with Crippen molar-refractivity contribution < 1.29 is 4.79 Å². The van der Waals surface area contributed by atoms with Gasteiger partial charge >= 0.3 is 0 Å². The molecule has 1 unspecified atom stereocenters. The Kier molecular flexibility index (Phi) is 2.97. The molecule has 0 radical (unpaired) electrons. The zero-order valence-corrected chi connectivity index (χ0v) is 9.46. The molecule has 82 valence electrons. The number of carbonyl (C=O) groups excluding carboxylic acids is 1. The van der Waals surface area contributed by atoms with Crippen molar-refractivity contribution in [1.82, 2.24) is 10.2 Å². The molecule has 0 saturated carbocycles. The Hall–Kier alpha value is -1.01. The molecule has 1 saturated heterocycles. The van der Waals surface area contributed by atoms with Crippen LogP contribution in [0.4, 0.5) is 5.13 Å². The van der Waals surface area contributed by atoms with Crippen molar-refractivity contribution in [1.29, 1.82) is 0 Å². The molecule has 1 amide bonds. The number of carbonyl (C=O) groups is 1. The van der Waals surface area contributed by atoms with Crippen LogP contribution in [0.5, 0.6) is 0 Å². The number of nitrogens with two attached hydrogens (primary N) is 1. The van der Waals surface area contributed by atoms with Crippen LogP contribution in [0.15, 0.2) is 0 Å². The quantitative estimate of drug-likeness (QED) is 0.810. The molecule has 2 N–H and O–H groups in total. The van der Waals surface area contributed by atoms with Crippen molar-refractivity contribution in [3.05, 3.63) is 5.01 Å². The summed E-state index contributed by atoms with van der Waals surface area (Å²) in [5.41, 5.74) is 5.56. The van der Waals surface area contributed by atoms with E-state index in [1.165, 1.54) is 11.3 Å². The molecule has 1 fully saturated rings. The lowest BCUT2D eigenvalue weighted by Gasteiger charge is -2.10. The third kappa shape index (κ3) is 2.00. The van der Waals surface area contributed by atoms with Crippen LogP contribution in [0, 0.1) is 5.92 Å². The zero-order valence-electron chi connectivity index (χ0n) is 8.64. The summed E-state index contributed by atoms with van der Waals surface area (Å²) in [7, 11) is 0. The van der Waals surface area contributed by atoms with Crippen LogP contribution in [-0.2, 0) is 11.2 Å². The van der Waals surface area contributed by atoms with Crippen molar-refractivity contribution >= 4 is 22.4 Å². The highest BCUT2D eigenvalue weighted by molar-refractivity contribution is 7.15. The summed E-state index contributed by atoms with van der Waals surface area (Å²) in [6.07, 6.45) is 1.40. The Bertz CT molecular complexity index is 365. The SMILES string of the molecule is CCc1nnc(N2CC(CN)CC2=O)s1. The van der Waals surface area contributed by atoms with Gasteiger partial charge in [0.2, 0.25) is 11.0 Å². The van der Waals surface area contributed by atoms with Crippen molar-refractivity contribution in [2.24, 2.45) is 11.7 Å². The predicted octanol–water partition coefficient (Wildman–Crippen LogP) is 0.412. The maximum absolute atomic E-state index is 11.7. The van der Waals surface area contributed by atoms with E-state index in [2.05, 4.69) is 10.2 Å². The fourth-order valence-corrected chi connectivity index (χ4v) is 2.43. The largest absolute Gasteiger partial charge is 0.330 e. The molecule has 2 heterocycles. The molecule has 0 spiro atoms. The highest BCUT2D eigenvalue weighted by Crippen LogP contribution is 2.27. The number of anilines is 1. The summed E-state index contributed by atoms with van der Waals surface area (Å²) in [6, 6.07) is 0. The van der Waals surface area contributed by atoms with E-state index in [9.17, 15) is 4.79 Å². The average Bonchev–Trinajstić information content (AvgIpc) is 2.83. The molecule has 15 heavy (non-hydrogen) atoms. The van der Waals surface area contributed by atoms with Gasteiger partial charge in [-0.2, -0.15) is 0 Å². The smallest absolute Gasteiger partial charge is 0.229 e. The van der Waals surface area contributed by atoms with Gasteiger partial charge in [0.25, 0.3) is 0 Å². The summed E-state index contributed by atoms with van der Waals surface area (Å²) in [5, 5.41) is 9.71. The number of amides is 1. The van der Waals surface area contributed by atoms with E-state index in [4.69, 9.17) is 5.73 Å². The second kappa shape index (κ2) is 4.24. The Labute approximate surface area is 92.3 Å². The Morgan fingerprint density at radius 1 is 1.60 bits per heavy atom. The molecular weight excluding hydrogens is 212 g/mol. The predicted molar refractivity (Wildman–Crippen MR) is 58.8 cm³/mol. The number of hydrogen-bond acceptors (Lipinski definition) is 5. The van der Waals surface area contributed by atoms with Gasteiger partial charge < -0.3 is 5.73 Å². The second-order valence-electron chi connectivity index (χ2n) is 3.64. The van der Waals surface area contributed by atoms with E-state index in [0.717, 1.165) is 11.4 Å². The van der Waals surface area contributed by atoms with E-state index >= 15 is 0 Å². The van der Waals surface area contributed by atoms with Crippen LogP contribution < -0.4 is 10.6 Å². The summed E-state index contributed by atoms with van der Waals surface area (Å²) < 4.78 is 0. The number of hydrogen-bond donors (Lipinski definition) is 1. The standard InChI is InChI=1S/C9H14N4OS/c1-2-7-11-12-9(15-7)13-5-6(4-10)3-8(13)14/h6H,2-5,10H2,1H3. The minimum Gasteiger partial charge on any atom is -0.330 e. The van der Waals surface area contributed by atoms with Crippen LogP contribution >= 0.6 is 11.3 Å². The molecule has 1 aliphatic rings. The van der Waals surface area contributed by atoms with Gasteiger partial charge in [-0.1, -0.05) is 18.3 Å². The molecule has 0 aliphatic carbocycles. The van der Waals surface area contributed by atoms with Crippen LogP contribution in [0.2, 0.25) is 0 Å². The van der Waals surface area contributed by atoms with E-state index in [1.54, 1.807) is 4.90 Å². The molecule has 2 rings (SSSR count). The van der Waals surface area contributed by atoms with Gasteiger partial charge in [-0.15, -0.1) is 10.2 Å². The first kappa shape index (κ1) is 10.5. The lowest BCUT2D eigenvalue weighted by atomic mass is 10.1. The van der Waals surface area contributed by atoms with Crippen molar-refractivity contribution in [3.63, 3.8) is 0 Å². The molecule has 5 nitrogen and oxygen atoms in total. The lowest BCUT2D eigenvalue weighted by Crippen LogP contribution is -2.25. The maximum atomic E-state index is 11.7. The molecular formula is C9H14N4OS. The normalized spacial score (nSPS) is 21.3. The van der Waals surface area contributed by atoms with Gasteiger partial charge in [0.15, 0.2) is 0 Å². The second-order valence-corrected chi connectivity index (χ2v) is 4.68. The summed E-state index contributed by atoms with van der Waals surface area (Å²) >= 11 is 1.49. The Balaban J connectivity index is 2.14. The third-order valence-corrected chi connectivity index (χ3v) is 3.62. The van der Waals surface area contributed by atoms with E-state index in [-0.39, 0.29) is 11.8 Å². The van der Waals surface area contributed by atoms with Gasteiger partial charge in [-0.05, 0) is 18.9 Å². The van der Waals surface area contributed by atoms with Crippen molar-refractivity contribution in [3.8, 4) is 0 Å². The monoisotopic (exact) mass is 226 g/mol. The zero-order chi connectivity index (χ0) is 10.8. The first-order valence-electron chi connectivity index (χ1n) is 5.07. The highest BCUT2D eigenvalue weighted by Gasteiger charge is 2.31. The van der Waals surface area contributed by atoms with E-state index in [0.29, 0.717) is 24.6 Å². The average molecular weight is 226 g/mol. The van der Waals surface area contributed by atoms with Crippen LogP contribution in [0.3, 0.4) is 0 Å². The number of rotatable bonds is 3. The highest BCUT2D eigenvalue weighted by atomic mass is 32.1. The fraction of sp³-hybridized carbons (Fsp3) is 0.667. The van der Waals surface area contributed by atoms with Crippen LogP contribution in [-0.4, -0.2) is 29.2 Å². The molecule has 0 aromatic carbocycles. The van der Waals surface area contributed by atoms with E-state index in [1.807, 2.05) is 6.92 Å². The van der Waals surface area contributed by atoms with Crippen molar-refractivity contribution in [2.45, 2.75) is 19.8 Å². The van der Waals surface area contributed by atoms with Crippen LogP contribution in [0.1, 0.15) is 18.4 Å². The van der Waals surface area contributed by atoms with Gasteiger partial charge in [0, 0.05) is 13.0 Å². The lowest BCUT2D eigenvalue weighted by molar-refractivity contribution is -0.117. The number of nitrogens with zero attached hydrogens (tertiary/aromatic N) is 3. The Morgan fingerprint density at radius 2 is 2.40 bits per heavy atom. The number of aromatic nitrogens is 2. The van der Waals surface area contributed by atoms with Gasteiger partial charge in [-0.25, -0.2) is 0 Å². The van der Waals surface area contributed by atoms with Gasteiger partial charge in [0.1, 0.15) is 5.01 Å². The minimum absolute atomic E-state index is 0.115. The number of aryl methyl sites for hydroxylation is 1. The Morgan fingerprint density at radius 3 is 2.93 bits per heavy atom. The first-order chi connectivity index (χ1) is 7.24. The molecule has 1 aliphatic heterocycles. The topological polar surface area (TPSA) is 72.1 Å². The van der Waals surface area contributed by atoms with Gasteiger partial charge in [-0.3, -0.25) is 9.69 Å². The summed E-state index contributed by atoms with van der Waals surface area (Å²) in [5.74, 6) is 0.385. The molecule has 6 heteroatoms. The van der Waals surface area contributed by atoms with Crippen LogP contribution in [0.25, 0.3) is 0 Å². The molecule has 1 aromatic heterocycles. The minimum atomic E-state index is 0.115. The fourth-order valence-electron chi connectivity index (χ4n) is 1.62. The molecule has 1 aromatic rings. The molecule has 0 bridgehead atoms. The first-order valence-corrected chi connectivity index (χ1v) is 5.89. The van der Waals surface area contributed by atoms with Gasteiger partial charge in [0.05, 0.1) is 0 Å². The summed E-state index contributed by atoms with van der Waals surface area (Å²) in [6.45, 7) is 3.27. The van der Waals surface area contributed by atoms with E-state index < -0.39 is 0 Å². The molecule has 1 atom stereocenters. The van der Waals surface area contributed by atoms with Crippen molar-refractivity contribution in [2.75, 3.05) is 18.0 Å². The third-order valence-electron chi connectivity index (χ3n) is 2.53. The maximum Gasteiger partial charge on any atom is 0.229 e. The summed E-state index contributed by atoms with van der Waals surface area (Å²) in [4.78, 5) is 13.4.